The Bertz CT molecular complexity index is 2160. The van der Waals surface area contributed by atoms with Gasteiger partial charge >= 0.3 is 0 Å². The number of nitrogen functional groups attached to an aromatic ring is 1. The molecule has 11 nitrogen and oxygen atoms in total. The van der Waals surface area contributed by atoms with E-state index >= 15 is 0 Å². The lowest BCUT2D eigenvalue weighted by Gasteiger charge is -2.38. The fourth-order valence-corrected chi connectivity index (χ4v) is 7.22. The number of imidazole rings is 1. The van der Waals surface area contributed by atoms with Crippen molar-refractivity contribution in [3.05, 3.63) is 114 Å². The van der Waals surface area contributed by atoms with Crippen LogP contribution in [0, 0.1) is 23.2 Å². The van der Waals surface area contributed by atoms with Gasteiger partial charge in [-0.2, -0.15) is 5.26 Å². The molecule has 6 aromatic rings. The number of nitrogens with zero attached hydrogens (tertiary/aromatic N) is 8. The number of aromatic nitrogens is 6. The number of likely N-dealkylation sites (tertiary alicyclic amines) is 1. The van der Waals surface area contributed by atoms with Gasteiger partial charge in [-0.15, -0.1) is 0 Å². The number of hydrogen-bond acceptors (Lipinski definition) is 9. The van der Waals surface area contributed by atoms with Gasteiger partial charge in [0.15, 0.2) is 11.5 Å². The molecule has 2 fully saturated rings. The highest BCUT2D eigenvalue weighted by Gasteiger charge is 2.42. The van der Waals surface area contributed by atoms with Gasteiger partial charge in [-0.05, 0) is 72.7 Å². The van der Waals surface area contributed by atoms with Crippen LogP contribution in [0.3, 0.4) is 0 Å². The third-order valence-electron chi connectivity index (χ3n) is 9.45. The Morgan fingerprint density at radius 1 is 0.875 bits per heavy atom. The van der Waals surface area contributed by atoms with Crippen molar-refractivity contribution in [3.8, 4) is 34.4 Å². The molecule has 1 aliphatic carbocycles. The van der Waals surface area contributed by atoms with Gasteiger partial charge in [-0.25, -0.2) is 24.9 Å². The van der Waals surface area contributed by atoms with E-state index in [1.54, 1.807) is 12.3 Å². The molecule has 2 bridgehead atoms. The molecule has 1 amide bonds. The van der Waals surface area contributed by atoms with Crippen molar-refractivity contribution in [1.82, 2.24) is 39.7 Å². The van der Waals surface area contributed by atoms with Crippen LogP contribution in [-0.2, 0) is 6.54 Å². The molecule has 2 aliphatic rings. The van der Waals surface area contributed by atoms with Crippen molar-refractivity contribution in [2.75, 3.05) is 18.8 Å². The highest BCUT2D eigenvalue weighted by molar-refractivity contribution is 5.92. The van der Waals surface area contributed by atoms with E-state index in [1.807, 2.05) is 48.5 Å². The largest absolute Gasteiger partial charge is 0.383 e. The van der Waals surface area contributed by atoms with E-state index in [4.69, 9.17) is 21.0 Å². The molecule has 0 spiro atoms. The second kappa shape index (κ2) is 12.3. The molecule has 4 aromatic heterocycles. The number of rotatable bonds is 7. The van der Waals surface area contributed by atoms with Crippen LogP contribution in [0.5, 0.6) is 0 Å². The van der Waals surface area contributed by atoms with E-state index in [2.05, 4.69) is 66.1 Å². The van der Waals surface area contributed by atoms with E-state index in [0.717, 1.165) is 66.1 Å². The molecule has 11 heteroatoms. The zero-order valence-electron chi connectivity index (χ0n) is 26.1. The quantitative estimate of drug-likeness (QED) is 0.247. The number of nitriles is 1. The zero-order chi connectivity index (χ0) is 32.6. The number of amides is 1. The first-order chi connectivity index (χ1) is 23.5. The Balaban J connectivity index is 1.04. The topological polar surface area (TPSA) is 152 Å². The number of fused-ring (bicyclic) bond motifs is 3. The molecule has 236 valence electrons. The Kier molecular flexibility index (Phi) is 7.55. The van der Waals surface area contributed by atoms with Crippen LogP contribution in [0.2, 0.25) is 0 Å². The minimum absolute atomic E-state index is 0.00156. The number of piperidine rings is 1. The van der Waals surface area contributed by atoms with E-state index in [0.29, 0.717) is 23.5 Å². The number of nitrogens with one attached hydrogen (secondary N) is 1. The van der Waals surface area contributed by atoms with E-state index in [1.165, 1.54) is 11.8 Å². The van der Waals surface area contributed by atoms with Gasteiger partial charge in [-0.1, -0.05) is 42.5 Å². The van der Waals surface area contributed by atoms with Gasteiger partial charge in [0.2, 0.25) is 5.82 Å². The van der Waals surface area contributed by atoms with E-state index < -0.39 is 0 Å². The van der Waals surface area contributed by atoms with Gasteiger partial charge in [0, 0.05) is 49.3 Å². The molecule has 2 aromatic carbocycles. The summed E-state index contributed by atoms with van der Waals surface area (Å²) < 4.78 is 2.06. The molecule has 48 heavy (non-hydrogen) atoms. The van der Waals surface area contributed by atoms with Crippen LogP contribution in [0.25, 0.3) is 39.5 Å². The summed E-state index contributed by atoms with van der Waals surface area (Å²) >= 11 is 0. The number of anilines is 1. The minimum Gasteiger partial charge on any atom is -0.383 e. The zero-order valence-corrected chi connectivity index (χ0v) is 26.1. The average molecular weight is 633 g/mol. The number of benzene rings is 2. The number of hydrogen-bond donors (Lipinski definition) is 2. The molecule has 5 heterocycles. The Hall–Kier alpha value is -5.99. The van der Waals surface area contributed by atoms with Gasteiger partial charge in [0.05, 0.1) is 11.3 Å². The van der Waals surface area contributed by atoms with Gasteiger partial charge < -0.3 is 11.1 Å². The van der Waals surface area contributed by atoms with Gasteiger partial charge in [0.1, 0.15) is 23.1 Å². The van der Waals surface area contributed by atoms with Crippen LogP contribution >= 0.6 is 0 Å². The molecule has 1 saturated carbocycles. The first-order valence-electron chi connectivity index (χ1n) is 16.1. The van der Waals surface area contributed by atoms with Gasteiger partial charge in [-0.3, -0.25) is 14.3 Å². The number of carbonyl (C=O) groups excluding carboxylic acids is 1. The first kappa shape index (κ1) is 29.4. The summed E-state index contributed by atoms with van der Waals surface area (Å²) in [5.74, 6) is 1.57. The summed E-state index contributed by atoms with van der Waals surface area (Å²) in [4.78, 5) is 37.8. The second-order valence-electron chi connectivity index (χ2n) is 12.4. The molecule has 2 unspecified atom stereocenters. The van der Waals surface area contributed by atoms with E-state index in [-0.39, 0.29) is 23.5 Å². The van der Waals surface area contributed by atoms with Crippen molar-refractivity contribution < 1.29 is 4.79 Å². The summed E-state index contributed by atoms with van der Waals surface area (Å²) in [7, 11) is 0. The number of pyridine rings is 2. The molecule has 1 aliphatic heterocycles. The molecule has 1 saturated heterocycles. The van der Waals surface area contributed by atoms with Crippen molar-refractivity contribution in [2.24, 2.45) is 11.8 Å². The van der Waals surface area contributed by atoms with Crippen LogP contribution in [0.1, 0.15) is 34.7 Å². The SMILES string of the molecule is N#Cc1nccc(C(=O)NC2C3CCC2CN(Cc2ccc(-n4c(-c5cccnc5N)nc5ccc(-c6ccccc6)nc54)cc2)C3)n1. The van der Waals surface area contributed by atoms with Crippen molar-refractivity contribution in [2.45, 2.75) is 25.4 Å². The smallest absolute Gasteiger partial charge is 0.270 e. The lowest BCUT2D eigenvalue weighted by Crippen LogP contribution is -2.52. The molecule has 0 radical (unpaired) electrons. The third-order valence-corrected chi connectivity index (χ3v) is 9.45. The number of nitrogens with two attached hydrogens (primary N) is 1. The minimum atomic E-state index is -0.246. The van der Waals surface area contributed by atoms with Crippen LogP contribution < -0.4 is 11.1 Å². The molecule has 8 rings (SSSR count). The predicted octanol–water partition coefficient (Wildman–Crippen LogP) is 5.03. The molecule has 2 atom stereocenters. The summed E-state index contributed by atoms with van der Waals surface area (Å²) in [5, 5.41) is 12.3. The Labute approximate surface area is 277 Å². The molecular formula is C37H32N10O. The fourth-order valence-electron chi connectivity index (χ4n) is 7.22. The van der Waals surface area contributed by atoms with Gasteiger partial charge in [0.25, 0.3) is 5.91 Å². The highest BCUT2D eigenvalue weighted by atomic mass is 16.2. The fraction of sp³-hybridized carbons (Fsp3) is 0.216. The Morgan fingerprint density at radius 3 is 2.42 bits per heavy atom. The maximum absolute atomic E-state index is 13.0. The second-order valence-corrected chi connectivity index (χ2v) is 12.4. The standard InChI is InChI=1S/C37H32N10O/c38-19-32-40-18-16-31(42-32)37(48)45-33-25-10-11-26(33)22-46(21-25)20-23-8-12-27(13-9-23)47-35(28-7-4-17-41-34(28)39)44-30-15-14-29(43-36(30)47)24-5-2-1-3-6-24/h1-9,12-18,25-26,33H,10-11,20-22H2,(H2,39,41)(H,45,48). The van der Waals surface area contributed by atoms with E-state index in [9.17, 15) is 4.79 Å². The predicted molar refractivity (Wildman–Crippen MR) is 181 cm³/mol. The molecular weight excluding hydrogens is 600 g/mol. The normalized spacial score (nSPS) is 18.9. The van der Waals surface area contributed by atoms with Crippen LogP contribution in [-0.4, -0.2) is 59.4 Å². The lowest BCUT2D eigenvalue weighted by atomic mass is 9.91. The lowest BCUT2D eigenvalue weighted by molar-refractivity contribution is 0.0820. The van der Waals surface area contributed by atoms with Crippen LogP contribution in [0.4, 0.5) is 5.82 Å². The first-order valence-corrected chi connectivity index (χ1v) is 16.1. The van der Waals surface area contributed by atoms with Crippen molar-refractivity contribution in [1.29, 1.82) is 5.26 Å². The summed E-state index contributed by atoms with van der Waals surface area (Å²) in [6.07, 6.45) is 5.28. The third kappa shape index (κ3) is 5.52. The van der Waals surface area contributed by atoms with Crippen LogP contribution in [0.15, 0.2) is 97.3 Å². The average Bonchev–Trinajstić information content (AvgIpc) is 3.61. The van der Waals surface area contributed by atoms with Crippen molar-refractivity contribution in [3.63, 3.8) is 0 Å². The molecule has 3 N–H and O–H groups in total. The highest BCUT2D eigenvalue weighted by Crippen LogP contribution is 2.38. The monoisotopic (exact) mass is 632 g/mol. The number of carbonyl (C=O) groups is 1. The maximum atomic E-state index is 13.0. The maximum Gasteiger partial charge on any atom is 0.270 e. The summed E-state index contributed by atoms with van der Waals surface area (Å²) in [6.45, 7) is 2.62. The Morgan fingerprint density at radius 2 is 1.67 bits per heavy atom. The van der Waals surface area contributed by atoms with Crippen molar-refractivity contribution >= 4 is 22.9 Å². The summed E-state index contributed by atoms with van der Waals surface area (Å²) in [5.41, 5.74) is 12.9. The summed E-state index contributed by atoms with van der Waals surface area (Å²) in [6, 6.07) is 30.0.